The van der Waals surface area contributed by atoms with Gasteiger partial charge in [0.05, 0.1) is 11.3 Å². The first kappa shape index (κ1) is 14.2. The summed E-state index contributed by atoms with van der Waals surface area (Å²) in [6.45, 7) is 2.82. The third-order valence-corrected chi connectivity index (χ3v) is 4.20. The third kappa shape index (κ3) is 2.56. The molecule has 2 aliphatic rings. The molecular weight excluding hydrogens is 285 g/mol. The number of amides is 1. The molecule has 2 fully saturated rings. The first-order chi connectivity index (χ1) is 9.81. The first-order valence-electron chi connectivity index (χ1n) is 6.72. The molecule has 0 atom stereocenters. The monoisotopic (exact) mass is 300 g/mol. The van der Waals surface area contributed by atoms with E-state index >= 15 is 0 Å². The topological polar surface area (TPSA) is 42.4 Å². The summed E-state index contributed by atoms with van der Waals surface area (Å²) in [5.41, 5.74) is -0.655. The van der Waals surface area contributed by atoms with E-state index in [4.69, 9.17) is 4.74 Å². The predicted octanol–water partition coefficient (Wildman–Crippen LogP) is 2.41. The number of aromatic nitrogens is 1. The number of carbonyl (C=O) groups is 1. The van der Waals surface area contributed by atoms with Gasteiger partial charge in [-0.2, -0.15) is 13.2 Å². The highest BCUT2D eigenvalue weighted by Gasteiger charge is 2.53. The zero-order valence-corrected chi connectivity index (χ0v) is 11.5. The van der Waals surface area contributed by atoms with E-state index in [-0.39, 0.29) is 23.1 Å². The van der Waals surface area contributed by atoms with E-state index in [0.717, 1.165) is 38.4 Å². The Kier molecular flexibility index (Phi) is 3.11. The van der Waals surface area contributed by atoms with Gasteiger partial charge in [-0.25, -0.2) is 4.98 Å². The average molecular weight is 300 g/mol. The fourth-order valence-corrected chi connectivity index (χ4v) is 3.21. The van der Waals surface area contributed by atoms with Crippen LogP contribution in [0.5, 0.6) is 5.88 Å². The minimum absolute atomic E-state index is 0.0255. The molecule has 2 heterocycles. The third-order valence-electron chi connectivity index (χ3n) is 4.20. The van der Waals surface area contributed by atoms with Crippen LogP contribution < -0.4 is 4.74 Å². The maximum absolute atomic E-state index is 12.6. The molecule has 4 nitrogen and oxygen atoms in total. The summed E-state index contributed by atoms with van der Waals surface area (Å²) in [6.07, 6.45) is -1.94. The zero-order chi connectivity index (χ0) is 15.3. The smallest absolute Gasteiger partial charge is 0.418 e. The normalized spacial score (nSPS) is 20.9. The van der Waals surface area contributed by atoms with Crippen molar-refractivity contribution >= 4 is 6.41 Å². The lowest BCUT2D eigenvalue weighted by atomic mass is 9.62. The number of rotatable bonds is 3. The Labute approximate surface area is 119 Å². The van der Waals surface area contributed by atoms with E-state index in [0.29, 0.717) is 0 Å². The summed E-state index contributed by atoms with van der Waals surface area (Å²) in [7, 11) is 0. The molecule has 1 spiro atoms. The fourth-order valence-electron chi connectivity index (χ4n) is 3.21. The van der Waals surface area contributed by atoms with Crippen LogP contribution in [0.3, 0.4) is 0 Å². The van der Waals surface area contributed by atoms with Gasteiger partial charge in [-0.1, -0.05) is 0 Å². The lowest BCUT2D eigenvalue weighted by molar-refractivity contribution is -0.148. The van der Waals surface area contributed by atoms with Gasteiger partial charge in [-0.3, -0.25) is 4.79 Å². The van der Waals surface area contributed by atoms with Crippen LogP contribution in [0.1, 0.15) is 24.1 Å². The Morgan fingerprint density at radius 1 is 1.38 bits per heavy atom. The Morgan fingerprint density at radius 2 is 2.05 bits per heavy atom. The van der Waals surface area contributed by atoms with Crippen LogP contribution in [-0.2, 0) is 11.0 Å². The minimum Gasteiger partial charge on any atom is -0.474 e. The molecule has 1 aliphatic heterocycles. The van der Waals surface area contributed by atoms with Crippen LogP contribution in [0.2, 0.25) is 0 Å². The SMILES string of the molecule is Cc1nc(OC2CC3(C2)CN(C=O)C3)ccc1C(F)(F)F. The van der Waals surface area contributed by atoms with E-state index in [1.165, 1.54) is 13.0 Å². The average Bonchev–Trinajstić information content (AvgIpc) is 2.28. The largest absolute Gasteiger partial charge is 0.474 e. The molecule has 0 unspecified atom stereocenters. The van der Waals surface area contributed by atoms with E-state index < -0.39 is 11.7 Å². The van der Waals surface area contributed by atoms with Gasteiger partial charge in [0, 0.05) is 24.6 Å². The van der Waals surface area contributed by atoms with Crippen LogP contribution in [0.25, 0.3) is 0 Å². The molecule has 1 amide bonds. The number of hydrogen-bond acceptors (Lipinski definition) is 3. The van der Waals surface area contributed by atoms with Crippen molar-refractivity contribution in [1.82, 2.24) is 9.88 Å². The first-order valence-corrected chi connectivity index (χ1v) is 6.72. The van der Waals surface area contributed by atoms with Crippen LogP contribution >= 0.6 is 0 Å². The van der Waals surface area contributed by atoms with Gasteiger partial charge in [0.1, 0.15) is 6.10 Å². The van der Waals surface area contributed by atoms with Gasteiger partial charge in [-0.05, 0) is 25.8 Å². The molecule has 1 saturated carbocycles. The molecule has 1 aromatic heterocycles. The lowest BCUT2D eigenvalue weighted by Gasteiger charge is -2.57. The molecule has 0 radical (unpaired) electrons. The molecule has 21 heavy (non-hydrogen) atoms. The fraction of sp³-hybridized carbons (Fsp3) is 0.571. The molecule has 114 valence electrons. The second-order valence-corrected chi connectivity index (χ2v) is 5.94. The maximum atomic E-state index is 12.6. The summed E-state index contributed by atoms with van der Waals surface area (Å²) in [5, 5.41) is 0. The molecule has 0 bridgehead atoms. The Bertz CT molecular complexity index is 560. The highest BCUT2D eigenvalue weighted by molar-refractivity contribution is 5.49. The summed E-state index contributed by atoms with van der Waals surface area (Å²) in [6, 6.07) is 2.27. The van der Waals surface area contributed by atoms with Crippen molar-refractivity contribution < 1.29 is 22.7 Å². The lowest BCUT2D eigenvalue weighted by Crippen LogP contribution is -2.64. The maximum Gasteiger partial charge on any atom is 0.418 e. The van der Waals surface area contributed by atoms with Gasteiger partial charge in [0.25, 0.3) is 0 Å². The van der Waals surface area contributed by atoms with Crippen LogP contribution in [0, 0.1) is 12.3 Å². The highest BCUT2D eigenvalue weighted by Crippen LogP contribution is 2.49. The predicted molar refractivity (Wildman–Crippen MR) is 67.7 cm³/mol. The number of ether oxygens (including phenoxy) is 1. The highest BCUT2D eigenvalue weighted by atomic mass is 19.4. The van der Waals surface area contributed by atoms with Crippen molar-refractivity contribution in [3.63, 3.8) is 0 Å². The molecule has 0 aromatic carbocycles. The molecule has 0 N–H and O–H groups in total. The van der Waals surface area contributed by atoms with Crippen molar-refractivity contribution in [3.8, 4) is 5.88 Å². The van der Waals surface area contributed by atoms with E-state index in [9.17, 15) is 18.0 Å². The Morgan fingerprint density at radius 3 is 2.57 bits per heavy atom. The van der Waals surface area contributed by atoms with E-state index in [2.05, 4.69) is 4.98 Å². The number of hydrogen-bond donors (Lipinski definition) is 0. The van der Waals surface area contributed by atoms with Crippen molar-refractivity contribution in [2.24, 2.45) is 5.41 Å². The Hall–Kier alpha value is -1.79. The number of aryl methyl sites for hydroxylation is 1. The quantitative estimate of drug-likeness (QED) is 0.805. The second kappa shape index (κ2) is 4.61. The standard InChI is InChI=1S/C14H15F3N2O2/c1-9-11(14(15,16)17)2-3-12(18-9)21-10-4-13(5-10)6-19(7-13)8-20/h2-3,8,10H,4-7H2,1H3. The van der Waals surface area contributed by atoms with Crippen molar-refractivity contribution in [2.75, 3.05) is 13.1 Å². The molecule has 7 heteroatoms. The number of nitrogens with zero attached hydrogens (tertiary/aromatic N) is 2. The Balaban J connectivity index is 1.58. The number of halogens is 3. The van der Waals surface area contributed by atoms with Gasteiger partial charge in [-0.15, -0.1) is 0 Å². The number of likely N-dealkylation sites (tertiary alicyclic amines) is 1. The molecule has 1 aliphatic carbocycles. The zero-order valence-electron chi connectivity index (χ0n) is 11.5. The van der Waals surface area contributed by atoms with Crippen molar-refractivity contribution in [1.29, 1.82) is 0 Å². The van der Waals surface area contributed by atoms with E-state index in [1.807, 2.05) is 0 Å². The van der Waals surface area contributed by atoms with Crippen LogP contribution in [-0.4, -0.2) is 35.5 Å². The van der Waals surface area contributed by atoms with Crippen LogP contribution in [0.4, 0.5) is 13.2 Å². The molecule has 3 rings (SSSR count). The second-order valence-electron chi connectivity index (χ2n) is 5.94. The summed E-state index contributed by atoms with van der Waals surface area (Å²) in [5.74, 6) is 0.229. The van der Waals surface area contributed by atoms with Gasteiger partial charge >= 0.3 is 6.18 Å². The molecular formula is C14H15F3N2O2. The van der Waals surface area contributed by atoms with Crippen molar-refractivity contribution in [3.05, 3.63) is 23.4 Å². The summed E-state index contributed by atoms with van der Waals surface area (Å²) < 4.78 is 43.5. The van der Waals surface area contributed by atoms with Gasteiger partial charge in [0.2, 0.25) is 12.3 Å². The number of carbonyl (C=O) groups excluding carboxylic acids is 1. The summed E-state index contributed by atoms with van der Waals surface area (Å²) in [4.78, 5) is 16.1. The number of pyridine rings is 1. The number of alkyl halides is 3. The molecule has 1 saturated heterocycles. The minimum atomic E-state index is -4.39. The van der Waals surface area contributed by atoms with Crippen LogP contribution in [0.15, 0.2) is 12.1 Å². The van der Waals surface area contributed by atoms with Crippen molar-refractivity contribution in [2.45, 2.75) is 32.0 Å². The summed E-state index contributed by atoms with van der Waals surface area (Å²) >= 11 is 0. The van der Waals surface area contributed by atoms with Gasteiger partial charge in [0.15, 0.2) is 0 Å². The van der Waals surface area contributed by atoms with Gasteiger partial charge < -0.3 is 9.64 Å². The van der Waals surface area contributed by atoms with E-state index in [1.54, 1.807) is 4.90 Å². The molecule has 1 aromatic rings.